The SMILES string of the molecule is Cc1ccc2nc(NN3CCCCC3)sc2c1. The molecule has 0 bridgehead atoms. The summed E-state index contributed by atoms with van der Waals surface area (Å²) in [7, 11) is 0. The summed E-state index contributed by atoms with van der Waals surface area (Å²) in [6.45, 7) is 4.39. The van der Waals surface area contributed by atoms with Crippen molar-refractivity contribution in [1.82, 2.24) is 9.99 Å². The van der Waals surface area contributed by atoms with Crippen molar-refractivity contribution in [3.05, 3.63) is 23.8 Å². The van der Waals surface area contributed by atoms with E-state index >= 15 is 0 Å². The molecule has 1 aromatic heterocycles. The highest BCUT2D eigenvalue weighted by Gasteiger charge is 2.11. The van der Waals surface area contributed by atoms with E-state index in [-0.39, 0.29) is 0 Å². The number of piperidine rings is 1. The van der Waals surface area contributed by atoms with E-state index in [9.17, 15) is 0 Å². The average Bonchev–Trinajstić information content (AvgIpc) is 2.71. The molecule has 3 nitrogen and oxygen atoms in total. The molecule has 3 rings (SSSR count). The zero-order valence-corrected chi connectivity index (χ0v) is 10.9. The molecule has 0 saturated carbocycles. The average molecular weight is 247 g/mol. The quantitative estimate of drug-likeness (QED) is 0.881. The number of anilines is 1. The number of nitrogens with one attached hydrogen (secondary N) is 1. The number of rotatable bonds is 2. The van der Waals surface area contributed by atoms with Crippen LogP contribution in [0.2, 0.25) is 0 Å². The van der Waals surface area contributed by atoms with Crippen molar-refractivity contribution in [2.45, 2.75) is 26.2 Å². The Balaban J connectivity index is 1.80. The van der Waals surface area contributed by atoms with E-state index in [2.05, 4.69) is 40.5 Å². The van der Waals surface area contributed by atoms with E-state index in [0.29, 0.717) is 0 Å². The molecular formula is C13H17N3S. The van der Waals surface area contributed by atoms with Crippen LogP contribution in [0.4, 0.5) is 5.13 Å². The number of nitrogens with zero attached hydrogens (tertiary/aromatic N) is 2. The molecule has 1 aromatic carbocycles. The Kier molecular flexibility index (Phi) is 2.99. The maximum Gasteiger partial charge on any atom is 0.198 e. The van der Waals surface area contributed by atoms with Crippen molar-refractivity contribution in [3.63, 3.8) is 0 Å². The fourth-order valence-corrected chi connectivity index (χ4v) is 3.21. The summed E-state index contributed by atoms with van der Waals surface area (Å²) in [5, 5.41) is 3.31. The van der Waals surface area contributed by atoms with E-state index < -0.39 is 0 Å². The number of thiazole rings is 1. The highest BCUT2D eigenvalue weighted by molar-refractivity contribution is 7.22. The summed E-state index contributed by atoms with van der Waals surface area (Å²) < 4.78 is 1.27. The van der Waals surface area contributed by atoms with Gasteiger partial charge < -0.3 is 0 Å². The molecule has 2 aromatic rings. The van der Waals surface area contributed by atoms with Crippen molar-refractivity contribution in [2.75, 3.05) is 18.5 Å². The predicted octanol–water partition coefficient (Wildman–Crippen LogP) is 3.42. The van der Waals surface area contributed by atoms with Gasteiger partial charge in [-0.2, -0.15) is 0 Å². The highest BCUT2D eigenvalue weighted by atomic mass is 32.1. The van der Waals surface area contributed by atoms with E-state index in [0.717, 1.165) is 23.7 Å². The third kappa shape index (κ3) is 2.42. The van der Waals surface area contributed by atoms with Gasteiger partial charge in [-0.05, 0) is 37.5 Å². The molecule has 1 fully saturated rings. The Morgan fingerprint density at radius 1 is 1.24 bits per heavy atom. The second kappa shape index (κ2) is 4.63. The monoisotopic (exact) mass is 247 g/mol. The van der Waals surface area contributed by atoms with Crippen LogP contribution in [0.15, 0.2) is 18.2 Å². The molecule has 4 heteroatoms. The van der Waals surface area contributed by atoms with Crippen molar-refractivity contribution < 1.29 is 0 Å². The lowest BCUT2D eigenvalue weighted by Crippen LogP contribution is -2.34. The van der Waals surface area contributed by atoms with Crippen LogP contribution >= 0.6 is 11.3 Å². The molecule has 0 unspecified atom stereocenters. The van der Waals surface area contributed by atoms with Gasteiger partial charge in [0.2, 0.25) is 0 Å². The van der Waals surface area contributed by atoms with Crippen LogP contribution in [0.1, 0.15) is 24.8 Å². The van der Waals surface area contributed by atoms with Crippen LogP contribution in [-0.2, 0) is 0 Å². The molecule has 90 valence electrons. The fourth-order valence-electron chi connectivity index (χ4n) is 2.22. The van der Waals surface area contributed by atoms with Crippen LogP contribution in [0.25, 0.3) is 10.2 Å². The van der Waals surface area contributed by atoms with Gasteiger partial charge in [0.05, 0.1) is 10.2 Å². The predicted molar refractivity (Wildman–Crippen MR) is 73.4 cm³/mol. The van der Waals surface area contributed by atoms with Gasteiger partial charge in [0.25, 0.3) is 0 Å². The summed E-state index contributed by atoms with van der Waals surface area (Å²) in [5.41, 5.74) is 5.82. The largest absolute Gasteiger partial charge is 0.294 e. The molecule has 1 aliphatic heterocycles. The molecule has 2 heterocycles. The van der Waals surface area contributed by atoms with Gasteiger partial charge >= 0.3 is 0 Å². The first-order chi connectivity index (χ1) is 8.31. The van der Waals surface area contributed by atoms with Crippen molar-refractivity contribution in [1.29, 1.82) is 0 Å². The van der Waals surface area contributed by atoms with Crippen LogP contribution in [0.3, 0.4) is 0 Å². The molecule has 0 atom stereocenters. The summed E-state index contributed by atoms with van der Waals surface area (Å²) in [4.78, 5) is 4.61. The lowest BCUT2D eigenvalue weighted by molar-refractivity contribution is 0.273. The molecule has 1 saturated heterocycles. The summed E-state index contributed by atoms with van der Waals surface area (Å²) >= 11 is 1.74. The van der Waals surface area contributed by atoms with Gasteiger partial charge in [-0.25, -0.2) is 9.99 Å². The third-order valence-corrected chi connectivity index (χ3v) is 4.08. The first-order valence-corrected chi connectivity index (χ1v) is 7.02. The van der Waals surface area contributed by atoms with Crippen LogP contribution in [0.5, 0.6) is 0 Å². The molecule has 0 amide bonds. The highest BCUT2D eigenvalue weighted by Crippen LogP contribution is 2.27. The minimum Gasteiger partial charge on any atom is -0.294 e. The summed E-state index contributed by atoms with van der Waals surface area (Å²) in [6, 6.07) is 6.42. The maximum absolute atomic E-state index is 4.61. The number of hydrazine groups is 1. The Morgan fingerprint density at radius 2 is 2.06 bits per heavy atom. The van der Waals surface area contributed by atoms with Crippen LogP contribution in [0, 0.1) is 6.92 Å². The summed E-state index contributed by atoms with van der Waals surface area (Å²) in [6.07, 6.45) is 3.94. The van der Waals surface area contributed by atoms with E-state index in [1.807, 2.05) is 0 Å². The molecule has 1 aliphatic rings. The Hall–Kier alpha value is -1.13. The minimum atomic E-state index is 1.02. The fraction of sp³-hybridized carbons (Fsp3) is 0.462. The second-order valence-electron chi connectivity index (χ2n) is 4.65. The van der Waals surface area contributed by atoms with Crippen LogP contribution in [-0.4, -0.2) is 23.1 Å². The first kappa shape index (κ1) is 11.0. The second-order valence-corrected chi connectivity index (χ2v) is 5.68. The van der Waals surface area contributed by atoms with Crippen LogP contribution < -0.4 is 5.43 Å². The number of hydrogen-bond donors (Lipinski definition) is 1. The van der Waals surface area contributed by atoms with Gasteiger partial charge in [-0.15, -0.1) is 0 Å². The maximum atomic E-state index is 4.61. The third-order valence-electron chi connectivity index (χ3n) is 3.15. The Morgan fingerprint density at radius 3 is 2.88 bits per heavy atom. The number of hydrogen-bond acceptors (Lipinski definition) is 4. The van der Waals surface area contributed by atoms with E-state index in [4.69, 9.17) is 0 Å². The molecular weight excluding hydrogens is 230 g/mol. The van der Waals surface area contributed by atoms with Gasteiger partial charge in [0.15, 0.2) is 5.13 Å². The molecule has 17 heavy (non-hydrogen) atoms. The van der Waals surface area contributed by atoms with E-state index in [1.165, 1.54) is 29.5 Å². The smallest absolute Gasteiger partial charge is 0.198 e. The number of aromatic nitrogens is 1. The Bertz CT molecular complexity index is 514. The van der Waals surface area contributed by atoms with Crippen molar-refractivity contribution >= 4 is 26.7 Å². The first-order valence-electron chi connectivity index (χ1n) is 6.20. The number of aryl methyl sites for hydroxylation is 1. The molecule has 1 N–H and O–H groups in total. The van der Waals surface area contributed by atoms with Gasteiger partial charge in [-0.1, -0.05) is 23.8 Å². The molecule has 0 radical (unpaired) electrons. The zero-order valence-electron chi connectivity index (χ0n) is 10.1. The lowest BCUT2D eigenvalue weighted by atomic mass is 10.2. The van der Waals surface area contributed by atoms with Crippen molar-refractivity contribution in [3.8, 4) is 0 Å². The van der Waals surface area contributed by atoms with Gasteiger partial charge in [0.1, 0.15) is 0 Å². The standard InChI is InChI=1S/C13H17N3S/c1-10-5-6-11-12(9-10)17-13(14-11)15-16-7-3-2-4-8-16/h5-6,9H,2-4,7-8H2,1H3,(H,14,15). The minimum absolute atomic E-state index is 1.02. The van der Waals surface area contributed by atoms with Crippen molar-refractivity contribution in [2.24, 2.45) is 0 Å². The zero-order chi connectivity index (χ0) is 11.7. The van der Waals surface area contributed by atoms with Gasteiger partial charge in [0, 0.05) is 13.1 Å². The number of benzene rings is 1. The van der Waals surface area contributed by atoms with Gasteiger partial charge in [-0.3, -0.25) is 5.43 Å². The normalized spacial score (nSPS) is 17.5. The number of fused-ring (bicyclic) bond motifs is 1. The molecule has 0 spiro atoms. The molecule has 0 aliphatic carbocycles. The lowest BCUT2D eigenvalue weighted by Gasteiger charge is -2.26. The Labute approximate surface area is 105 Å². The summed E-state index contributed by atoms with van der Waals surface area (Å²) in [5.74, 6) is 0. The van der Waals surface area contributed by atoms with E-state index in [1.54, 1.807) is 11.3 Å². The topological polar surface area (TPSA) is 28.2 Å².